The van der Waals surface area contributed by atoms with Gasteiger partial charge in [0.1, 0.15) is 6.61 Å². The number of hydrogen-bond acceptors (Lipinski definition) is 8. The number of nitro groups is 2. The molecule has 0 saturated carbocycles. The fourth-order valence-corrected chi connectivity index (χ4v) is 3.55. The zero-order chi connectivity index (χ0) is 21.7. The van der Waals surface area contributed by atoms with Crippen LogP contribution in [0.15, 0.2) is 76.5 Å². The van der Waals surface area contributed by atoms with Crippen LogP contribution in [-0.2, 0) is 6.61 Å². The van der Waals surface area contributed by atoms with E-state index < -0.39 is 15.8 Å². The van der Waals surface area contributed by atoms with Crippen LogP contribution in [0.4, 0.5) is 11.4 Å². The lowest BCUT2D eigenvalue weighted by atomic mass is 10.2. The highest BCUT2D eigenvalue weighted by atomic mass is 32.2. The topological polar surface area (TPSA) is 136 Å². The third-order valence-corrected chi connectivity index (χ3v) is 5.02. The van der Waals surface area contributed by atoms with E-state index >= 15 is 0 Å². The van der Waals surface area contributed by atoms with E-state index in [2.05, 4.69) is 0 Å². The zero-order valence-corrected chi connectivity index (χ0v) is 16.0. The summed E-state index contributed by atoms with van der Waals surface area (Å²) < 4.78 is 5.61. The van der Waals surface area contributed by atoms with E-state index in [0.717, 1.165) is 35.5 Å². The third-order valence-electron chi connectivity index (χ3n) is 3.99. The Hall–Kier alpha value is -3.92. The van der Waals surface area contributed by atoms with Gasteiger partial charge in [0.05, 0.1) is 20.7 Å². The fraction of sp³-hybridized carbons (Fsp3) is 0.0500. The molecule has 0 bridgehead atoms. The van der Waals surface area contributed by atoms with Crippen LogP contribution in [0.1, 0.15) is 15.9 Å². The lowest BCUT2D eigenvalue weighted by Gasteiger charge is -2.10. The predicted molar refractivity (Wildman–Crippen MR) is 105 cm³/mol. The van der Waals surface area contributed by atoms with E-state index in [1.165, 1.54) is 18.2 Å². The van der Waals surface area contributed by atoms with Gasteiger partial charge in [-0.2, -0.15) is 0 Å². The fourth-order valence-electron chi connectivity index (χ4n) is 2.56. The van der Waals surface area contributed by atoms with E-state index in [0.29, 0.717) is 4.90 Å². The Kier molecular flexibility index (Phi) is 6.28. The summed E-state index contributed by atoms with van der Waals surface area (Å²) in [6.45, 7) is 0.0934. The van der Waals surface area contributed by atoms with Crippen molar-refractivity contribution in [3.63, 3.8) is 0 Å². The van der Waals surface area contributed by atoms with Gasteiger partial charge in [0.2, 0.25) is 0 Å². The number of benzene rings is 3. The Bertz CT molecular complexity index is 1120. The summed E-state index contributed by atoms with van der Waals surface area (Å²) in [5.74, 6) is -1.48. The SMILES string of the molecule is O=C([O-])c1ccc([N+](=O)[O-])c(Sc2ccc([N+](=O)[O-])c(OCc3ccccc3)c2)c1. The van der Waals surface area contributed by atoms with Crippen LogP contribution in [0.5, 0.6) is 5.75 Å². The molecule has 0 N–H and O–H groups in total. The molecular formula is C20H13N2O7S-. The number of carbonyl (C=O) groups is 1. The molecule has 0 aliphatic heterocycles. The molecule has 0 aliphatic rings. The molecule has 0 heterocycles. The largest absolute Gasteiger partial charge is 0.545 e. The molecular weight excluding hydrogens is 412 g/mol. The lowest BCUT2D eigenvalue weighted by molar-refractivity contribution is -0.387. The minimum absolute atomic E-state index is 0.00689. The summed E-state index contributed by atoms with van der Waals surface area (Å²) in [4.78, 5) is 32.9. The summed E-state index contributed by atoms with van der Waals surface area (Å²) in [7, 11) is 0. The highest BCUT2D eigenvalue weighted by Gasteiger charge is 2.20. The van der Waals surface area contributed by atoms with Gasteiger partial charge in [0, 0.05) is 23.1 Å². The number of carbonyl (C=O) groups excluding carboxylic acids is 1. The van der Waals surface area contributed by atoms with Crippen molar-refractivity contribution in [3.05, 3.63) is 98.1 Å². The van der Waals surface area contributed by atoms with Crippen LogP contribution in [-0.4, -0.2) is 15.8 Å². The Morgan fingerprint density at radius 2 is 1.57 bits per heavy atom. The van der Waals surface area contributed by atoms with Crippen molar-refractivity contribution in [1.82, 2.24) is 0 Å². The van der Waals surface area contributed by atoms with E-state index in [-0.39, 0.29) is 34.2 Å². The van der Waals surface area contributed by atoms with Gasteiger partial charge in [-0.15, -0.1) is 0 Å². The molecule has 152 valence electrons. The first-order valence-corrected chi connectivity index (χ1v) is 9.29. The molecule has 0 aliphatic carbocycles. The van der Waals surface area contributed by atoms with Gasteiger partial charge >= 0.3 is 5.69 Å². The number of carboxylic acids is 1. The van der Waals surface area contributed by atoms with E-state index in [1.807, 2.05) is 18.2 Å². The van der Waals surface area contributed by atoms with Crippen molar-refractivity contribution in [2.45, 2.75) is 16.4 Å². The van der Waals surface area contributed by atoms with Crippen LogP contribution in [0, 0.1) is 20.2 Å². The van der Waals surface area contributed by atoms with Crippen molar-refractivity contribution in [2.24, 2.45) is 0 Å². The predicted octanol–water partition coefficient (Wildman–Crippen LogP) is 3.60. The number of rotatable bonds is 8. The second-order valence-corrected chi connectivity index (χ2v) is 7.11. The average molecular weight is 425 g/mol. The first-order valence-electron chi connectivity index (χ1n) is 8.48. The summed E-state index contributed by atoms with van der Waals surface area (Å²) >= 11 is 0.895. The third kappa shape index (κ3) is 4.92. The van der Waals surface area contributed by atoms with Crippen molar-refractivity contribution in [1.29, 1.82) is 0 Å². The summed E-state index contributed by atoms with van der Waals surface area (Å²) in [5, 5.41) is 33.7. The number of carboxylic acid groups (broad SMARTS) is 1. The molecule has 0 unspecified atom stereocenters. The van der Waals surface area contributed by atoms with Gasteiger partial charge in [-0.25, -0.2) is 0 Å². The van der Waals surface area contributed by atoms with Gasteiger partial charge in [-0.05, 0) is 29.3 Å². The molecule has 30 heavy (non-hydrogen) atoms. The molecule has 0 aromatic heterocycles. The maximum Gasteiger partial charge on any atom is 0.311 e. The zero-order valence-electron chi connectivity index (χ0n) is 15.2. The minimum atomic E-state index is -1.47. The monoisotopic (exact) mass is 425 g/mol. The quantitative estimate of drug-likeness (QED) is 0.394. The van der Waals surface area contributed by atoms with Crippen LogP contribution < -0.4 is 9.84 Å². The maximum atomic E-state index is 11.3. The first-order chi connectivity index (χ1) is 14.3. The molecule has 9 nitrogen and oxygen atoms in total. The van der Waals surface area contributed by atoms with Gasteiger partial charge in [-0.1, -0.05) is 42.1 Å². The average Bonchev–Trinajstić information content (AvgIpc) is 2.72. The molecule has 0 radical (unpaired) electrons. The Morgan fingerprint density at radius 3 is 2.20 bits per heavy atom. The van der Waals surface area contributed by atoms with E-state index in [4.69, 9.17) is 4.74 Å². The van der Waals surface area contributed by atoms with Crippen LogP contribution in [0.2, 0.25) is 0 Å². The summed E-state index contributed by atoms with van der Waals surface area (Å²) in [6, 6.07) is 16.4. The van der Waals surface area contributed by atoms with Gasteiger partial charge in [-0.3, -0.25) is 20.2 Å². The molecule has 0 spiro atoms. The number of nitrogens with zero attached hydrogens (tertiary/aromatic N) is 2. The van der Waals surface area contributed by atoms with Gasteiger partial charge < -0.3 is 14.6 Å². The smallest absolute Gasteiger partial charge is 0.311 e. The number of hydrogen-bond donors (Lipinski definition) is 0. The van der Waals surface area contributed by atoms with Crippen LogP contribution in [0.25, 0.3) is 0 Å². The first kappa shape index (κ1) is 20.8. The van der Waals surface area contributed by atoms with Crippen molar-refractivity contribution in [2.75, 3.05) is 0 Å². The number of ether oxygens (including phenoxy) is 1. The second kappa shape index (κ2) is 9.05. The van der Waals surface area contributed by atoms with E-state index in [1.54, 1.807) is 12.1 Å². The van der Waals surface area contributed by atoms with Gasteiger partial charge in [0.15, 0.2) is 5.75 Å². The summed E-state index contributed by atoms with van der Waals surface area (Å²) in [6.07, 6.45) is 0. The van der Waals surface area contributed by atoms with Crippen LogP contribution in [0.3, 0.4) is 0 Å². The van der Waals surface area contributed by atoms with Crippen molar-refractivity contribution in [3.8, 4) is 5.75 Å². The molecule has 3 aromatic carbocycles. The molecule has 0 atom stereocenters. The molecule has 3 rings (SSSR count). The minimum Gasteiger partial charge on any atom is -0.545 e. The molecule has 0 amide bonds. The molecule has 0 saturated heterocycles. The van der Waals surface area contributed by atoms with Crippen molar-refractivity contribution >= 4 is 29.1 Å². The van der Waals surface area contributed by atoms with Crippen molar-refractivity contribution < 1.29 is 24.5 Å². The molecule has 0 fully saturated rings. The Balaban J connectivity index is 1.93. The Morgan fingerprint density at radius 1 is 0.900 bits per heavy atom. The normalized spacial score (nSPS) is 10.4. The highest BCUT2D eigenvalue weighted by Crippen LogP contribution is 2.39. The Labute approximate surface area is 174 Å². The van der Waals surface area contributed by atoms with E-state index in [9.17, 15) is 30.1 Å². The second-order valence-electron chi connectivity index (χ2n) is 5.99. The lowest BCUT2D eigenvalue weighted by Crippen LogP contribution is -2.22. The highest BCUT2D eigenvalue weighted by molar-refractivity contribution is 7.99. The number of nitro benzene ring substituents is 2. The maximum absolute atomic E-state index is 11.3. The standard InChI is InChI=1S/C20H14N2O7S/c23-20(24)14-6-8-17(22(27)28)19(10-14)30-15-7-9-16(21(25)26)18(11-15)29-12-13-4-2-1-3-5-13/h1-11H,12H2,(H,23,24)/p-1. The van der Waals surface area contributed by atoms with Gasteiger partial charge in [0.25, 0.3) is 5.69 Å². The number of aromatic carboxylic acids is 1. The summed E-state index contributed by atoms with van der Waals surface area (Å²) in [5.41, 5.74) is 0.0380. The molecule has 10 heteroatoms. The van der Waals surface area contributed by atoms with Crippen LogP contribution >= 0.6 is 11.8 Å². The molecule has 3 aromatic rings.